The molecular weight excluding hydrogens is 282 g/mol. The number of benzene rings is 1. The molecule has 1 saturated heterocycles. The van der Waals surface area contributed by atoms with Crippen molar-refractivity contribution >= 4 is 15.9 Å². The number of methoxy groups -OCH3 is 1. The van der Waals surface area contributed by atoms with Crippen LogP contribution in [0.3, 0.4) is 0 Å². The summed E-state index contributed by atoms with van der Waals surface area (Å²) >= 11 is 3.53. The van der Waals surface area contributed by atoms with Crippen molar-refractivity contribution < 1.29 is 9.47 Å². The molecule has 1 aromatic carbocycles. The number of rotatable bonds is 5. The summed E-state index contributed by atoms with van der Waals surface area (Å²) in [4.78, 5) is 0. The van der Waals surface area contributed by atoms with Gasteiger partial charge in [-0.2, -0.15) is 0 Å². The maximum atomic E-state index is 5.60. The number of nitrogens with two attached hydrogens (primary N) is 1. The molecule has 4 heteroatoms. The highest BCUT2D eigenvalue weighted by Gasteiger charge is 2.39. The molecule has 17 heavy (non-hydrogen) atoms. The molecule has 3 nitrogen and oxygen atoms in total. The van der Waals surface area contributed by atoms with Crippen molar-refractivity contribution in [2.24, 2.45) is 5.73 Å². The van der Waals surface area contributed by atoms with Crippen LogP contribution < -0.4 is 10.5 Å². The van der Waals surface area contributed by atoms with Crippen LogP contribution in [0.4, 0.5) is 0 Å². The number of ether oxygens (including phenoxy) is 2. The first-order valence-electron chi connectivity index (χ1n) is 5.84. The normalized spacial score (nSPS) is 17.6. The number of hydrogen-bond donors (Lipinski definition) is 1. The standard InChI is InChI=1S/C13H18BrNO2/c1-16-12-4-3-10(7-11(12)14)13(5-2-6-15)8-17-9-13/h3-4,7H,2,5-6,8-9,15H2,1H3. The van der Waals surface area contributed by atoms with Gasteiger partial charge in [0, 0.05) is 5.41 Å². The zero-order chi connectivity index (χ0) is 12.3. The van der Waals surface area contributed by atoms with Crippen LogP contribution in [0, 0.1) is 0 Å². The van der Waals surface area contributed by atoms with E-state index in [0.717, 1.165) is 42.8 Å². The van der Waals surface area contributed by atoms with Gasteiger partial charge in [-0.05, 0) is 53.0 Å². The van der Waals surface area contributed by atoms with Crippen LogP contribution in [0.25, 0.3) is 0 Å². The van der Waals surface area contributed by atoms with Crippen LogP contribution in [0.5, 0.6) is 5.75 Å². The molecule has 2 N–H and O–H groups in total. The molecule has 0 amide bonds. The largest absolute Gasteiger partial charge is 0.496 e. The van der Waals surface area contributed by atoms with Crippen molar-refractivity contribution in [3.8, 4) is 5.75 Å². The van der Waals surface area contributed by atoms with E-state index in [0.29, 0.717) is 0 Å². The second-order valence-electron chi connectivity index (χ2n) is 4.51. The van der Waals surface area contributed by atoms with E-state index in [9.17, 15) is 0 Å². The lowest BCUT2D eigenvalue weighted by molar-refractivity contribution is -0.0649. The Kier molecular flexibility index (Phi) is 4.07. The van der Waals surface area contributed by atoms with Gasteiger partial charge in [-0.25, -0.2) is 0 Å². The van der Waals surface area contributed by atoms with Gasteiger partial charge in [-0.1, -0.05) is 6.07 Å². The molecule has 0 saturated carbocycles. The third-order valence-electron chi connectivity index (χ3n) is 3.38. The Balaban J connectivity index is 2.22. The van der Waals surface area contributed by atoms with Crippen molar-refractivity contribution in [1.29, 1.82) is 0 Å². The van der Waals surface area contributed by atoms with E-state index >= 15 is 0 Å². The smallest absolute Gasteiger partial charge is 0.133 e. The average molecular weight is 300 g/mol. The SMILES string of the molecule is COc1ccc(C2(CCCN)COC2)cc1Br. The van der Waals surface area contributed by atoms with Gasteiger partial charge in [-0.3, -0.25) is 0 Å². The Morgan fingerprint density at radius 3 is 2.71 bits per heavy atom. The summed E-state index contributed by atoms with van der Waals surface area (Å²) < 4.78 is 11.6. The molecule has 0 bridgehead atoms. The fourth-order valence-corrected chi connectivity index (χ4v) is 2.78. The Hall–Kier alpha value is -0.580. The van der Waals surface area contributed by atoms with Gasteiger partial charge in [0.25, 0.3) is 0 Å². The zero-order valence-electron chi connectivity index (χ0n) is 10.0. The maximum absolute atomic E-state index is 5.60. The fraction of sp³-hybridized carbons (Fsp3) is 0.538. The fourth-order valence-electron chi connectivity index (χ4n) is 2.24. The van der Waals surface area contributed by atoms with Gasteiger partial charge in [0.2, 0.25) is 0 Å². The molecule has 0 atom stereocenters. The molecule has 1 aliphatic heterocycles. The van der Waals surface area contributed by atoms with E-state index in [1.165, 1.54) is 5.56 Å². The van der Waals surface area contributed by atoms with E-state index in [1.807, 2.05) is 6.07 Å². The van der Waals surface area contributed by atoms with Gasteiger partial charge in [0.05, 0.1) is 24.8 Å². The first-order valence-corrected chi connectivity index (χ1v) is 6.63. The molecule has 94 valence electrons. The Bertz CT molecular complexity index is 391. The summed E-state index contributed by atoms with van der Waals surface area (Å²) in [6, 6.07) is 6.27. The van der Waals surface area contributed by atoms with E-state index < -0.39 is 0 Å². The molecule has 0 aliphatic carbocycles. The minimum Gasteiger partial charge on any atom is -0.496 e. The number of hydrogen-bond acceptors (Lipinski definition) is 3. The predicted octanol–water partition coefficient (Wildman–Crippen LogP) is 2.46. The quantitative estimate of drug-likeness (QED) is 0.908. The molecule has 0 unspecified atom stereocenters. The molecule has 1 fully saturated rings. The minimum absolute atomic E-state index is 0.161. The van der Waals surface area contributed by atoms with Crippen LogP contribution in [0.1, 0.15) is 18.4 Å². The van der Waals surface area contributed by atoms with Crippen molar-refractivity contribution in [2.45, 2.75) is 18.3 Å². The first-order chi connectivity index (χ1) is 8.22. The highest BCUT2D eigenvalue weighted by molar-refractivity contribution is 9.10. The molecule has 0 radical (unpaired) electrons. The van der Waals surface area contributed by atoms with Crippen molar-refractivity contribution in [3.05, 3.63) is 28.2 Å². The highest BCUT2D eigenvalue weighted by atomic mass is 79.9. The Morgan fingerprint density at radius 2 is 2.24 bits per heavy atom. The second kappa shape index (κ2) is 5.38. The van der Waals surface area contributed by atoms with E-state index in [-0.39, 0.29) is 5.41 Å². The number of halogens is 1. The van der Waals surface area contributed by atoms with Gasteiger partial charge in [0.15, 0.2) is 0 Å². The monoisotopic (exact) mass is 299 g/mol. The summed E-state index contributed by atoms with van der Waals surface area (Å²) in [6.07, 6.45) is 2.12. The van der Waals surface area contributed by atoms with E-state index in [2.05, 4.69) is 28.1 Å². The van der Waals surface area contributed by atoms with Crippen LogP contribution in [-0.2, 0) is 10.2 Å². The summed E-state index contributed by atoms with van der Waals surface area (Å²) in [7, 11) is 1.68. The Morgan fingerprint density at radius 1 is 1.47 bits per heavy atom. The van der Waals surface area contributed by atoms with E-state index in [1.54, 1.807) is 7.11 Å². The maximum Gasteiger partial charge on any atom is 0.133 e. The molecule has 0 spiro atoms. The first kappa shape index (κ1) is 12.9. The Labute approximate surface area is 110 Å². The summed E-state index contributed by atoms with van der Waals surface area (Å²) in [5.74, 6) is 0.864. The lowest BCUT2D eigenvalue weighted by atomic mass is 9.75. The lowest BCUT2D eigenvalue weighted by Gasteiger charge is -2.42. The highest BCUT2D eigenvalue weighted by Crippen LogP contribution is 2.39. The van der Waals surface area contributed by atoms with Crippen LogP contribution in [0.15, 0.2) is 22.7 Å². The van der Waals surface area contributed by atoms with Gasteiger partial charge < -0.3 is 15.2 Å². The van der Waals surface area contributed by atoms with Gasteiger partial charge >= 0.3 is 0 Å². The topological polar surface area (TPSA) is 44.5 Å². The van der Waals surface area contributed by atoms with E-state index in [4.69, 9.17) is 15.2 Å². The summed E-state index contributed by atoms with van der Waals surface area (Å²) in [6.45, 7) is 2.33. The second-order valence-corrected chi connectivity index (χ2v) is 5.37. The molecule has 0 aromatic heterocycles. The molecular formula is C13H18BrNO2. The van der Waals surface area contributed by atoms with Crippen LogP contribution >= 0.6 is 15.9 Å². The van der Waals surface area contributed by atoms with Gasteiger partial charge in [0.1, 0.15) is 5.75 Å². The van der Waals surface area contributed by atoms with Crippen molar-refractivity contribution in [3.63, 3.8) is 0 Å². The third-order valence-corrected chi connectivity index (χ3v) is 4.00. The summed E-state index contributed by atoms with van der Waals surface area (Å²) in [5, 5.41) is 0. The van der Waals surface area contributed by atoms with Crippen LogP contribution in [-0.4, -0.2) is 26.9 Å². The minimum atomic E-state index is 0.161. The average Bonchev–Trinajstić information content (AvgIpc) is 2.28. The predicted molar refractivity (Wildman–Crippen MR) is 71.5 cm³/mol. The van der Waals surface area contributed by atoms with Crippen LogP contribution in [0.2, 0.25) is 0 Å². The zero-order valence-corrected chi connectivity index (χ0v) is 11.6. The summed E-state index contributed by atoms with van der Waals surface area (Å²) in [5.41, 5.74) is 7.07. The molecule has 1 aromatic rings. The lowest BCUT2D eigenvalue weighted by Crippen LogP contribution is -2.47. The van der Waals surface area contributed by atoms with Crippen molar-refractivity contribution in [2.75, 3.05) is 26.9 Å². The van der Waals surface area contributed by atoms with Crippen molar-refractivity contribution in [1.82, 2.24) is 0 Å². The molecule has 1 heterocycles. The van der Waals surface area contributed by atoms with Gasteiger partial charge in [-0.15, -0.1) is 0 Å². The molecule has 1 aliphatic rings. The molecule has 2 rings (SSSR count). The third kappa shape index (κ3) is 2.49.